The molecule has 0 atom stereocenters. The molecule has 0 bridgehead atoms. The Morgan fingerprint density at radius 3 is 2.58 bits per heavy atom. The number of carbonyl (C=O) groups excluding carboxylic acids is 1. The van der Waals surface area contributed by atoms with Gasteiger partial charge in [-0.25, -0.2) is 4.99 Å². The zero-order valence-electron chi connectivity index (χ0n) is 12.9. The number of phenolic OH excluding ortho intramolecular Hbond substituents is 1. The lowest BCUT2D eigenvalue weighted by atomic mass is 10.2. The molecule has 4 nitrogen and oxygen atoms in total. The third kappa shape index (κ3) is 3.47. The monoisotopic (exact) mass is 358 g/mol. The van der Waals surface area contributed by atoms with Crippen molar-refractivity contribution in [2.45, 2.75) is 6.92 Å². The Bertz CT molecular complexity index is 831. The molecular weight excluding hydrogens is 344 g/mol. The molecule has 3 rings (SSSR count). The highest BCUT2D eigenvalue weighted by Crippen LogP contribution is 2.35. The van der Waals surface area contributed by atoms with Crippen molar-refractivity contribution >= 4 is 46.2 Å². The number of halogens is 1. The molecular formula is C18H15ClN2O2S. The number of hydrogen-bond acceptors (Lipinski definition) is 4. The molecule has 24 heavy (non-hydrogen) atoms. The van der Waals surface area contributed by atoms with Gasteiger partial charge >= 0.3 is 0 Å². The largest absolute Gasteiger partial charge is 0.508 e. The van der Waals surface area contributed by atoms with Crippen molar-refractivity contribution in [2.75, 3.05) is 6.54 Å². The van der Waals surface area contributed by atoms with Gasteiger partial charge in [0.2, 0.25) is 0 Å². The highest BCUT2D eigenvalue weighted by Gasteiger charge is 2.32. The van der Waals surface area contributed by atoms with E-state index in [0.29, 0.717) is 27.3 Å². The Kier molecular flexibility index (Phi) is 4.92. The zero-order valence-corrected chi connectivity index (χ0v) is 14.5. The van der Waals surface area contributed by atoms with E-state index >= 15 is 0 Å². The van der Waals surface area contributed by atoms with E-state index in [4.69, 9.17) is 11.6 Å². The third-order valence-electron chi connectivity index (χ3n) is 3.47. The summed E-state index contributed by atoms with van der Waals surface area (Å²) in [6.45, 7) is 2.44. The SMILES string of the molecule is CCN1C(=O)/C(=C/c2ccccc2Cl)SC1=Nc1ccc(O)cc1. The van der Waals surface area contributed by atoms with Gasteiger partial charge in [0.25, 0.3) is 5.91 Å². The number of phenols is 1. The van der Waals surface area contributed by atoms with Gasteiger partial charge < -0.3 is 5.11 Å². The average Bonchev–Trinajstić information content (AvgIpc) is 2.87. The van der Waals surface area contributed by atoms with Crippen molar-refractivity contribution in [3.63, 3.8) is 0 Å². The predicted molar refractivity (Wildman–Crippen MR) is 99.6 cm³/mol. The van der Waals surface area contributed by atoms with Crippen LogP contribution in [-0.4, -0.2) is 27.6 Å². The number of amides is 1. The van der Waals surface area contributed by atoms with Gasteiger partial charge in [-0.3, -0.25) is 9.69 Å². The molecule has 1 aliphatic heterocycles. The molecule has 6 heteroatoms. The summed E-state index contributed by atoms with van der Waals surface area (Å²) in [5.41, 5.74) is 1.48. The van der Waals surface area contributed by atoms with E-state index in [1.54, 1.807) is 41.3 Å². The number of aromatic hydroxyl groups is 1. The number of likely N-dealkylation sites (N-methyl/N-ethyl adjacent to an activating group) is 1. The molecule has 2 aromatic rings. The van der Waals surface area contributed by atoms with Gasteiger partial charge in [-0.1, -0.05) is 29.8 Å². The molecule has 1 amide bonds. The fraction of sp³-hybridized carbons (Fsp3) is 0.111. The van der Waals surface area contributed by atoms with Gasteiger partial charge in [-0.2, -0.15) is 0 Å². The first kappa shape index (κ1) is 16.6. The molecule has 1 saturated heterocycles. The van der Waals surface area contributed by atoms with Crippen LogP contribution in [0.4, 0.5) is 5.69 Å². The van der Waals surface area contributed by atoms with Crippen LogP contribution < -0.4 is 0 Å². The highest BCUT2D eigenvalue weighted by molar-refractivity contribution is 8.18. The van der Waals surface area contributed by atoms with Crippen LogP contribution >= 0.6 is 23.4 Å². The Morgan fingerprint density at radius 1 is 1.21 bits per heavy atom. The Hall–Kier alpha value is -2.24. The number of nitrogens with zero attached hydrogens (tertiary/aromatic N) is 2. The average molecular weight is 359 g/mol. The molecule has 0 radical (unpaired) electrons. The van der Waals surface area contributed by atoms with Crippen LogP contribution in [0.15, 0.2) is 58.4 Å². The van der Waals surface area contributed by atoms with E-state index in [1.165, 1.54) is 11.8 Å². The van der Waals surface area contributed by atoms with Crippen molar-refractivity contribution in [1.29, 1.82) is 0 Å². The Labute approximate surface area is 149 Å². The van der Waals surface area contributed by atoms with Crippen LogP contribution in [0.5, 0.6) is 5.75 Å². The summed E-state index contributed by atoms with van der Waals surface area (Å²) in [4.78, 5) is 19.3. The van der Waals surface area contributed by atoms with Gasteiger partial charge in [0.1, 0.15) is 5.75 Å². The van der Waals surface area contributed by atoms with Gasteiger partial charge in [-0.05, 0) is 60.7 Å². The first-order chi connectivity index (χ1) is 11.6. The lowest BCUT2D eigenvalue weighted by molar-refractivity contribution is -0.122. The smallest absolute Gasteiger partial charge is 0.266 e. The summed E-state index contributed by atoms with van der Waals surface area (Å²) in [6.07, 6.45) is 1.79. The maximum atomic E-state index is 12.6. The minimum Gasteiger partial charge on any atom is -0.508 e. The second kappa shape index (κ2) is 7.11. The van der Waals surface area contributed by atoms with E-state index in [1.807, 2.05) is 25.1 Å². The summed E-state index contributed by atoms with van der Waals surface area (Å²) >= 11 is 7.49. The predicted octanol–water partition coefficient (Wildman–Crippen LogP) is 4.67. The first-order valence-corrected chi connectivity index (χ1v) is 8.61. The van der Waals surface area contributed by atoms with Crippen molar-refractivity contribution in [3.05, 3.63) is 64.0 Å². The van der Waals surface area contributed by atoms with E-state index in [-0.39, 0.29) is 11.7 Å². The molecule has 1 fully saturated rings. The number of amidine groups is 1. The molecule has 1 aliphatic rings. The molecule has 0 unspecified atom stereocenters. The van der Waals surface area contributed by atoms with E-state index < -0.39 is 0 Å². The first-order valence-electron chi connectivity index (χ1n) is 7.42. The standard InChI is InChI=1S/C18H15ClN2O2S/c1-2-21-17(23)16(11-12-5-3-4-6-15(12)19)24-18(21)20-13-7-9-14(22)10-8-13/h3-11,22H,2H2,1H3/b16-11-,20-18?. The van der Waals surface area contributed by atoms with E-state index in [9.17, 15) is 9.90 Å². The minimum atomic E-state index is -0.0834. The number of hydrogen-bond donors (Lipinski definition) is 1. The number of thioether (sulfide) groups is 1. The number of carbonyl (C=O) groups is 1. The topological polar surface area (TPSA) is 52.9 Å². The number of aliphatic imine (C=N–C) groups is 1. The molecule has 2 aromatic carbocycles. The molecule has 0 saturated carbocycles. The summed E-state index contributed by atoms with van der Waals surface area (Å²) in [5.74, 6) is 0.0979. The fourth-order valence-electron chi connectivity index (χ4n) is 2.24. The van der Waals surface area contributed by atoms with Crippen LogP contribution in [0.25, 0.3) is 6.08 Å². The van der Waals surface area contributed by atoms with Crippen LogP contribution in [0.2, 0.25) is 5.02 Å². The Morgan fingerprint density at radius 2 is 1.92 bits per heavy atom. The number of benzene rings is 2. The van der Waals surface area contributed by atoms with Crippen LogP contribution in [0, 0.1) is 0 Å². The molecule has 1 heterocycles. The van der Waals surface area contributed by atoms with Crippen molar-refractivity contribution < 1.29 is 9.90 Å². The summed E-state index contributed by atoms with van der Waals surface area (Å²) < 4.78 is 0. The van der Waals surface area contributed by atoms with Gasteiger partial charge in [0.15, 0.2) is 5.17 Å². The molecule has 1 N–H and O–H groups in total. The minimum absolute atomic E-state index is 0.0834. The molecule has 122 valence electrons. The van der Waals surface area contributed by atoms with E-state index in [2.05, 4.69) is 4.99 Å². The summed E-state index contributed by atoms with van der Waals surface area (Å²) in [7, 11) is 0. The fourth-order valence-corrected chi connectivity index (χ4v) is 3.48. The maximum absolute atomic E-state index is 12.6. The summed E-state index contributed by atoms with van der Waals surface area (Å²) in [6, 6.07) is 13.9. The normalized spacial score (nSPS) is 17.9. The molecule has 0 aliphatic carbocycles. The summed E-state index contributed by atoms with van der Waals surface area (Å²) in [5, 5.41) is 10.6. The van der Waals surface area contributed by atoms with Crippen molar-refractivity contribution in [3.8, 4) is 5.75 Å². The molecule has 0 aromatic heterocycles. The van der Waals surface area contributed by atoms with Crippen molar-refractivity contribution in [1.82, 2.24) is 4.90 Å². The second-order valence-corrected chi connectivity index (χ2v) is 6.51. The highest BCUT2D eigenvalue weighted by atomic mass is 35.5. The molecule has 0 spiro atoms. The lowest BCUT2D eigenvalue weighted by Gasteiger charge is -2.11. The van der Waals surface area contributed by atoms with Crippen LogP contribution in [0.3, 0.4) is 0 Å². The van der Waals surface area contributed by atoms with Crippen LogP contribution in [-0.2, 0) is 4.79 Å². The third-order valence-corrected chi connectivity index (χ3v) is 4.82. The number of rotatable bonds is 3. The zero-order chi connectivity index (χ0) is 17.1. The van der Waals surface area contributed by atoms with Gasteiger partial charge in [-0.15, -0.1) is 0 Å². The van der Waals surface area contributed by atoms with Crippen LogP contribution in [0.1, 0.15) is 12.5 Å². The maximum Gasteiger partial charge on any atom is 0.266 e. The van der Waals surface area contributed by atoms with Gasteiger partial charge in [0.05, 0.1) is 10.6 Å². The Balaban J connectivity index is 1.94. The quantitative estimate of drug-likeness (QED) is 0.811. The van der Waals surface area contributed by atoms with Crippen molar-refractivity contribution in [2.24, 2.45) is 4.99 Å². The van der Waals surface area contributed by atoms with Gasteiger partial charge in [0, 0.05) is 11.6 Å². The second-order valence-electron chi connectivity index (χ2n) is 5.09. The lowest BCUT2D eigenvalue weighted by Crippen LogP contribution is -2.28. The van der Waals surface area contributed by atoms with E-state index in [0.717, 1.165) is 5.56 Å².